The van der Waals surface area contributed by atoms with Gasteiger partial charge in [-0.1, -0.05) is 17.7 Å². The van der Waals surface area contributed by atoms with Crippen LogP contribution in [-0.4, -0.2) is 43.0 Å². The standard InChI is InChI=1S/C27H29N3O4/c1-19-5-7-20(8-6-19)26(31)29-25(18-24-4-3-17-33-24)27(32)28-21-9-11-22(12-10-21)34-23-13-15-30(2)16-14-23/h3-12,17-18,23H,13-16H2,1-2H3,(H,28,32)(H,29,31)/b25-18-. The molecule has 1 fully saturated rings. The average molecular weight is 460 g/mol. The molecule has 0 atom stereocenters. The number of aryl methyl sites for hydroxylation is 1. The van der Waals surface area contributed by atoms with Gasteiger partial charge < -0.3 is 24.7 Å². The van der Waals surface area contributed by atoms with Gasteiger partial charge in [-0.05, 0) is 75.3 Å². The van der Waals surface area contributed by atoms with Crippen molar-refractivity contribution in [1.82, 2.24) is 10.2 Å². The molecule has 1 saturated heterocycles. The minimum Gasteiger partial charge on any atom is -0.490 e. The van der Waals surface area contributed by atoms with E-state index in [1.165, 1.54) is 12.3 Å². The summed E-state index contributed by atoms with van der Waals surface area (Å²) in [7, 11) is 2.12. The maximum atomic E-state index is 13.0. The Hall–Kier alpha value is -3.84. The first kappa shape index (κ1) is 23.3. The highest BCUT2D eigenvalue weighted by Gasteiger charge is 2.19. The highest BCUT2D eigenvalue weighted by atomic mass is 16.5. The van der Waals surface area contributed by atoms with Crippen molar-refractivity contribution < 1.29 is 18.7 Å². The third-order valence-corrected chi connectivity index (χ3v) is 5.72. The van der Waals surface area contributed by atoms with Crippen molar-refractivity contribution in [2.75, 3.05) is 25.5 Å². The first-order valence-corrected chi connectivity index (χ1v) is 11.4. The van der Waals surface area contributed by atoms with Gasteiger partial charge in [0.2, 0.25) is 0 Å². The molecule has 34 heavy (non-hydrogen) atoms. The van der Waals surface area contributed by atoms with Crippen LogP contribution in [0.4, 0.5) is 5.69 Å². The summed E-state index contributed by atoms with van der Waals surface area (Å²) in [6.45, 7) is 4.00. The number of rotatable bonds is 7. The number of furan rings is 1. The summed E-state index contributed by atoms with van der Waals surface area (Å²) in [6.07, 6.45) is 5.20. The third-order valence-electron chi connectivity index (χ3n) is 5.72. The van der Waals surface area contributed by atoms with E-state index in [0.717, 1.165) is 37.2 Å². The molecule has 4 rings (SSSR count). The lowest BCUT2D eigenvalue weighted by Gasteiger charge is -2.29. The van der Waals surface area contributed by atoms with Crippen molar-refractivity contribution in [3.8, 4) is 5.75 Å². The number of piperidine rings is 1. The van der Waals surface area contributed by atoms with E-state index in [0.29, 0.717) is 17.0 Å². The van der Waals surface area contributed by atoms with Gasteiger partial charge in [-0.3, -0.25) is 9.59 Å². The van der Waals surface area contributed by atoms with E-state index >= 15 is 0 Å². The van der Waals surface area contributed by atoms with Crippen LogP contribution in [0.2, 0.25) is 0 Å². The Bertz CT molecular complexity index is 1130. The zero-order valence-electron chi connectivity index (χ0n) is 19.4. The molecule has 2 aromatic carbocycles. The van der Waals surface area contributed by atoms with Crippen molar-refractivity contribution >= 4 is 23.6 Å². The summed E-state index contributed by atoms with van der Waals surface area (Å²) in [5, 5.41) is 5.53. The number of ether oxygens (including phenoxy) is 1. The number of amides is 2. The molecule has 1 aromatic heterocycles. The highest BCUT2D eigenvalue weighted by Crippen LogP contribution is 2.21. The molecule has 1 aliphatic rings. The predicted octanol–water partition coefficient (Wildman–Crippen LogP) is 4.47. The van der Waals surface area contributed by atoms with E-state index in [1.54, 1.807) is 36.4 Å². The van der Waals surface area contributed by atoms with Gasteiger partial charge in [0.05, 0.1) is 6.26 Å². The van der Waals surface area contributed by atoms with Crippen LogP contribution in [-0.2, 0) is 4.79 Å². The van der Waals surface area contributed by atoms with E-state index in [1.807, 2.05) is 31.2 Å². The second-order valence-electron chi connectivity index (χ2n) is 8.49. The first-order chi connectivity index (χ1) is 16.5. The Morgan fingerprint density at radius 3 is 2.38 bits per heavy atom. The fourth-order valence-corrected chi connectivity index (χ4v) is 3.68. The fourth-order valence-electron chi connectivity index (χ4n) is 3.68. The Kier molecular flexibility index (Phi) is 7.44. The molecule has 2 N–H and O–H groups in total. The van der Waals surface area contributed by atoms with Crippen LogP contribution >= 0.6 is 0 Å². The molecule has 2 amide bonds. The van der Waals surface area contributed by atoms with Crippen LogP contribution in [0.15, 0.2) is 77.0 Å². The van der Waals surface area contributed by atoms with Crippen molar-refractivity contribution in [2.24, 2.45) is 0 Å². The smallest absolute Gasteiger partial charge is 0.272 e. The quantitative estimate of drug-likeness (QED) is 0.510. The minimum atomic E-state index is -0.458. The second-order valence-corrected chi connectivity index (χ2v) is 8.49. The van der Waals surface area contributed by atoms with E-state index in [4.69, 9.17) is 9.15 Å². The third kappa shape index (κ3) is 6.36. The molecular weight excluding hydrogens is 430 g/mol. The van der Waals surface area contributed by atoms with Crippen molar-refractivity contribution in [3.05, 3.63) is 89.5 Å². The van der Waals surface area contributed by atoms with Gasteiger partial charge in [-0.2, -0.15) is 0 Å². The Morgan fingerprint density at radius 1 is 1.03 bits per heavy atom. The zero-order chi connectivity index (χ0) is 23.9. The van der Waals surface area contributed by atoms with Gasteiger partial charge in [-0.15, -0.1) is 0 Å². The number of likely N-dealkylation sites (tertiary alicyclic amines) is 1. The molecule has 0 radical (unpaired) electrons. The average Bonchev–Trinajstić information content (AvgIpc) is 3.35. The predicted molar refractivity (Wildman–Crippen MR) is 132 cm³/mol. The monoisotopic (exact) mass is 459 g/mol. The molecule has 3 aromatic rings. The van der Waals surface area contributed by atoms with Gasteiger partial charge in [-0.25, -0.2) is 0 Å². The van der Waals surface area contributed by atoms with Gasteiger partial charge in [0, 0.05) is 30.4 Å². The number of carbonyl (C=O) groups excluding carboxylic acids is 2. The topological polar surface area (TPSA) is 83.8 Å². The molecule has 7 heteroatoms. The fraction of sp³-hybridized carbons (Fsp3) is 0.259. The summed E-state index contributed by atoms with van der Waals surface area (Å²) in [5.41, 5.74) is 2.17. The summed E-state index contributed by atoms with van der Waals surface area (Å²) >= 11 is 0. The van der Waals surface area contributed by atoms with Crippen molar-refractivity contribution in [3.63, 3.8) is 0 Å². The number of benzene rings is 2. The molecule has 0 unspecified atom stereocenters. The molecule has 176 valence electrons. The van der Waals surface area contributed by atoms with Gasteiger partial charge in [0.25, 0.3) is 11.8 Å². The number of nitrogens with one attached hydrogen (secondary N) is 2. The molecule has 0 bridgehead atoms. The van der Waals surface area contributed by atoms with Crippen LogP contribution < -0.4 is 15.4 Å². The molecule has 1 aliphatic heterocycles. The highest BCUT2D eigenvalue weighted by molar-refractivity contribution is 6.10. The van der Waals surface area contributed by atoms with Crippen molar-refractivity contribution in [2.45, 2.75) is 25.9 Å². The number of hydrogen-bond donors (Lipinski definition) is 2. The van der Waals surface area contributed by atoms with Crippen LogP contribution in [0.25, 0.3) is 6.08 Å². The van der Waals surface area contributed by atoms with Crippen LogP contribution in [0.3, 0.4) is 0 Å². The summed E-state index contributed by atoms with van der Waals surface area (Å²) in [6, 6.07) is 17.8. The Morgan fingerprint density at radius 2 is 1.74 bits per heavy atom. The molecule has 7 nitrogen and oxygen atoms in total. The van der Waals surface area contributed by atoms with E-state index in [9.17, 15) is 9.59 Å². The molecule has 0 aliphatic carbocycles. The van der Waals surface area contributed by atoms with Gasteiger partial charge >= 0.3 is 0 Å². The number of anilines is 1. The lowest BCUT2D eigenvalue weighted by molar-refractivity contribution is -0.113. The van der Waals surface area contributed by atoms with Crippen molar-refractivity contribution in [1.29, 1.82) is 0 Å². The minimum absolute atomic E-state index is 0.0761. The summed E-state index contributed by atoms with van der Waals surface area (Å²) in [5.74, 6) is 0.387. The SMILES string of the molecule is Cc1ccc(C(=O)N/C(=C\c2ccco2)C(=O)Nc2ccc(OC3CCN(C)CC3)cc2)cc1. The van der Waals surface area contributed by atoms with E-state index in [-0.39, 0.29) is 17.7 Å². The zero-order valence-corrected chi connectivity index (χ0v) is 19.4. The second kappa shape index (κ2) is 10.9. The van der Waals surface area contributed by atoms with Gasteiger partial charge in [0.15, 0.2) is 0 Å². The van der Waals surface area contributed by atoms with Crippen LogP contribution in [0, 0.1) is 6.92 Å². The summed E-state index contributed by atoms with van der Waals surface area (Å²) in [4.78, 5) is 28.0. The number of carbonyl (C=O) groups is 2. The van der Waals surface area contributed by atoms with Crippen LogP contribution in [0.1, 0.15) is 34.5 Å². The Balaban J connectivity index is 1.43. The lowest BCUT2D eigenvalue weighted by Crippen LogP contribution is -2.35. The lowest BCUT2D eigenvalue weighted by atomic mass is 10.1. The molecule has 0 spiro atoms. The number of hydrogen-bond acceptors (Lipinski definition) is 5. The maximum absolute atomic E-state index is 13.0. The summed E-state index contributed by atoms with van der Waals surface area (Å²) < 4.78 is 11.4. The van der Waals surface area contributed by atoms with E-state index < -0.39 is 5.91 Å². The maximum Gasteiger partial charge on any atom is 0.272 e. The van der Waals surface area contributed by atoms with Gasteiger partial charge in [0.1, 0.15) is 23.3 Å². The molecular formula is C27H29N3O4. The largest absolute Gasteiger partial charge is 0.490 e. The molecule has 0 saturated carbocycles. The van der Waals surface area contributed by atoms with Crippen LogP contribution in [0.5, 0.6) is 5.75 Å². The molecule has 2 heterocycles. The van der Waals surface area contributed by atoms with E-state index in [2.05, 4.69) is 22.6 Å². The normalized spacial score (nSPS) is 15.1. The number of nitrogens with zero attached hydrogens (tertiary/aromatic N) is 1. The first-order valence-electron chi connectivity index (χ1n) is 11.4. The Labute approximate surface area is 199 Å².